The first kappa shape index (κ1) is 10.9. The fraction of sp³-hybridized carbons (Fsp3) is 0. The summed E-state index contributed by atoms with van der Waals surface area (Å²) >= 11 is 4.31. The van der Waals surface area contributed by atoms with Crippen molar-refractivity contribution in [2.24, 2.45) is 11.5 Å². The van der Waals surface area contributed by atoms with Crippen LogP contribution < -0.4 is 22.4 Å². The second-order valence-electron chi connectivity index (χ2n) is 1.48. The Bertz CT molecular complexity index is 160. The Labute approximate surface area is 73.3 Å². The quantitative estimate of drug-likeness (QED) is 0.187. The molecule has 0 aromatic carbocycles. The normalized spacial score (nSPS) is 8.75. The number of carbonyl (C=O) groups is 1. The third-order valence-electron chi connectivity index (χ3n) is 0.521. The van der Waals surface area contributed by atoms with Crippen molar-refractivity contribution in [1.82, 2.24) is 11.0 Å². The molecule has 0 aromatic heterocycles. The highest BCUT2D eigenvalue weighted by Crippen LogP contribution is 1.76. The number of thiocarbonyl (C=S) groups is 1. The number of hydrogen-bond acceptors (Lipinski definition) is 5. The van der Waals surface area contributed by atoms with Gasteiger partial charge >= 0.3 is 13.4 Å². The molecule has 0 unspecified atom stereocenters. The van der Waals surface area contributed by atoms with E-state index in [4.69, 9.17) is 10.8 Å². The maximum absolute atomic E-state index is 9.99. The number of rotatable bonds is 4. The van der Waals surface area contributed by atoms with Crippen LogP contribution in [0.1, 0.15) is 0 Å². The van der Waals surface area contributed by atoms with Crippen LogP contribution in [0.25, 0.3) is 0 Å². The van der Waals surface area contributed by atoms with Crippen LogP contribution in [0.5, 0.6) is 0 Å². The van der Waals surface area contributed by atoms with Gasteiger partial charge in [-0.05, 0) is 12.2 Å². The summed E-state index contributed by atoms with van der Waals surface area (Å²) in [4.78, 5) is 9.99. The molecule has 0 fully saturated rings. The van der Waals surface area contributed by atoms with E-state index >= 15 is 0 Å². The number of hydroxylamine groups is 2. The summed E-state index contributed by atoms with van der Waals surface area (Å²) in [5, 5.41) is 8.46. The SMILES string of the molecule is NC(=O)NOB(O)ONC(N)=S. The molecule has 0 radical (unpaired) electrons. The summed E-state index contributed by atoms with van der Waals surface area (Å²) < 4.78 is 8.29. The number of carbonyl (C=O) groups excluding carboxylic acids is 1. The van der Waals surface area contributed by atoms with Crippen LogP contribution in [0.2, 0.25) is 0 Å². The molecule has 0 saturated carbocycles. The molecule has 0 aliphatic rings. The molecule has 0 spiro atoms. The Morgan fingerprint density at radius 1 is 1.42 bits per heavy atom. The minimum atomic E-state index is -1.75. The molecule has 68 valence electrons. The van der Waals surface area contributed by atoms with Crippen molar-refractivity contribution < 1.29 is 19.3 Å². The van der Waals surface area contributed by atoms with Gasteiger partial charge in [0.1, 0.15) is 0 Å². The average molecular weight is 194 g/mol. The Morgan fingerprint density at radius 2 is 1.92 bits per heavy atom. The lowest BCUT2D eigenvalue weighted by Crippen LogP contribution is -2.42. The van der Waals surface area contributed by atoms with Crippen molar-refractivity contribution in [3.8, 4) is 0 Å². The van der Waals surface area contributed by atoms with Crippen molar-refractivity contribution in [3.63, 3.8) is 0 Å². The highest BCUT2D eigenvalue weighted by atomic mass is 32.1. The van der Waals surface area contributed by atoms with Crippen LogP contribution in [0.4, 0.5) is 4.79 Å². The topological polar surface area (TPSA) is 132 Å². The molecular weight excluding hydrogens is 187 g/mol. The van der Waals surface area contributed by atoms with Crippen molar-refractivity contribution in [2.75, 3.05) is 0 Å². The summed E-state index contributed by atoms with van der Waals surface area (Å²) in [6.45, 7) is 0. The summed E-state index contributed by atoms with van der Waals surface area (Å²) in [6, 6.07) is -0.979. The second-order valence-corrected chi connectivity index (χ2v) is 1.92. The van der Waals surface area contributed by atoms with E-state index in [1.807, 2.05) is 5.48 Å². The average Bonchev–Trinajstić information content (AvgIpc) is 1.96. The lowest BCUT2D eigenvalue weighted by molar-refractivity contribution is 0.0734. The molecule has 2 amide bonds. The van der Waals surface area contributed by atoms with Crippen LogP contribution >= 0.6 is 12.2 Å². The van der Waals surface area contributed by atoms with Crippen LogP contribution in [-0.2, 0) is 9.51 Å². The molecular formula is C2H7BN4O4S. The van der Waals surface area contributed by atoms with E-state index in [-0.39, 0.29) is 5.11 Å². The zero-order valence-corrected chi connectivity index (χ0v) is 6.63. The van der Waals surface area contributed by atoms with Crippen LogP contribution in [0, 0.1) is 0 Å². The van der Waals surface area contributed by atoms with E-state index in [9.17, 15) is 4.79 Å². The molecule has 0 saturated heterocycles. The van der Waals surface area contributed by atoms with Crippen LogP contribution in [-0.4, -0.2) is 23.5 Å². The Balaban J connectivity index is 3.39. The fourth-order valence-electron chi connectivity index (χ4n) is 0.241. The first-order chi connectivity index (χ1) is 5.52. The van der Waals surface area contributed by atoms with Crippen molar-refractivity contribution in [3.05, 3.63) is 0 Å². The predicted molar refractivity (Wildman–Crippen MR) is 42.8 cm³/mol. The molecule has 12 heavy (non-hydrogen) atoms. The second kappa shape index (κ2) is 5.54. The van der Waals surface area contributed by atoms with E-state index in [0.29, 0.717) is 0 Å². The Kier molecular flexibility index (Phi) is 5.04. The van der Waals surface area contributed by atoms with E-state index in [2.05, 4.69) is 27.5 Å². The molecule has 0 atom stereocenters. The van der Waals surface area contributed by atoms with E-state index in [0.717, 1.165) is 0 Å². The van der Waals surface area contributed by atoms with Gasteiger partial charge in [0.05, 0.1) is 0 Å². The monoisotopic (exact) mass is 194 g/mol. The number of urea groups is 1. The Morgan fingerprint density at radius 3 is 2.33 bits per heavy atom. The van der Waals surface area contributed by atoms with Crippen LogP contribution in [0.3, 0.4) is 0 Å². The molecule has 10 heteroatoms. The number of hydrogen-bond donors (Lipinski definition) is 5. The van der Waals surface area contributed by atoms with Gasteiger partial charge in [-0.25, -0.2) is 10.3 Å². The minimum Gasteiger partial charge on any atom is -0.399 e. The zero-order chi connectivity index (χ0) is 9.56. The van der Waals surface area contributed by atoms with Crippen molar-refractivity contribution in [2.45, 2.75) is 0 Å². The first-order valence-electron chi connectivity index (χ1n) is 2.62. The van der Waals surface area contributed by atoms with E-state index in [1.54, 1.807) is 5.48 Å². The molecule has 0 aliphatic carbocycles. The summed E-state index contributed by atoms with van der Waals surface area (Å²) in [6.07, 6.45) is 0. The van der Waals surface area contributed by atoms with E-state index in [1.165, 1.54) is 0 Å². The molecule has 0 bridgehead atoms. The molecule has 0 aromatic rings. The lowest BCUT2D eigenvalue weighted by atomic mass is 10.3. The number of amides is 2. The van der Waals surface area contributed by atoms with Crippen molar-refractivity contribution >= 4 is 30.7 Å². The number of nitrogens with one attached hydrogen (secondary N) is 2. The van der Waals surface area contributed by atoms with Gasteiger partial charge in [0, 0.05) is 0 Å². The van der Waals surface area contributed by atoms with Gasteiger partial charge in [-0.3, -0.25) is 15.0 Å². The van der Waals surface area contributed by atoms with Gasteiger partial charge in [-0.15, -0.1) is 0 Å². The van der Waals surface area contributed by atoms with Crippen molar-refractivity contribution in [1.29, 1.82) is 0 Å². The fourth-order valence-corrected chi connectivity index (χ4v) is 0.289. The third-order valence-corrected chi connectivity index (χ3v) is 0.604. The predicted octanol–water partition coefficient (Wildman–Crippen LogP) is -2.67. The summed E-state index contributed by atoms with van der Waals surface area (Å²) in [7, 11) is -1.75. The molecule has 7 N–H and O–H groups in total. The number of nitrogens with two attached hydrogens (primary N) is 2. The minimum absolute atomic E-state index is 0.197. The third kappa shape index (κ3) is 7.02. The van der Waals surface area contributed by atoms with Gasteiger partial charge in [0.2, 0.25) is 0 Å². The van der Waals surface area contributed by atoms with Crippen LogP contribution in [0.15, 0.2) is 0 Å². The maximum Gasteiger partial charge on any atom is 0.682 e. The zero-order valence-electron chi connectivity index (χ0n) is 5.81. The smallest absolute Gasteiger partial charge is 0.399 e. The largest absolute Gasteiger partial charge is 0.682 e. The molecule has 0 heterocycles. The van der Waals surface area contributed by atoms with Gasteiger partial charge in [0.15, 0.2) is 5.11 Å². The molecule has 8 nitrogen and oxygen atoms in total. The molecule has 0 rings (SSSR count). The summed E-state index contributed by atoms with van der Waals surface area (Å²) in [5.41, 5.74) is 13.0. The highest BCUT2D eigenvalue weighted by molar-refractivity contribution is 7.80. The highest BCUT2D eigenvalue weighted by Gasteiger charge is 2.17. The summed E-state index contributed by atoms with van der Waals surface area (Å²) in [5.74, 6) is 0. The van der Waals surface area contributed by atoms with Gasteiger partial charge in [0.25, 0.3) is 0 Å². The Hall–Kier alpha value is -1.10. The molecule has 0 aliphatic heterocycles. The maximum atomic E-state index is 9.99. The van der Waals surface area contributed by atoms with Gasteiger partial charge in [-0.1, -0.05) is 0 Å². The lowest BCUT2D eigenvalue weighted by Gasteiger charge is -2.07. The van der Waals surface area contributed by atoms with Gasteiger partial charge in [-0.2, -0.15) is 0 Å². The number of primary amides is 1. The van der Waals surface area contributed by atoms with Gasteiger partial charge < -0.3 is 16.5 Å². The first-order valence-corrected chi connectivity index (χ1v) is 3.03. The van der Waals surface area contributed by atoms with E-state index < -0.39 is 13.4 Å². The standard InChI is InChI=1S/C2H7BN4O4S/c4-1(8)6-10-3(9)11-7-2(5)12/h9H,(H3,4,6,8)(H3,5,7,12).